The number of aliphatic hydroxyl groups is 1. The van der Waals surface area contributed by atoms with Gasteiger partial charge in [0.15, 0.2) is 0 Å². The van der Waals surface area contributed by atoms with Crippen molar-refractivity contribution < 1.29 is 9.84 Å². The van der Waals surface area contributed by atoms with Crippen molar-refractivity contribution in [3.8, 4) is 0 Å². The summed E-state index contributed by atoms with van der Waals surface area (Å²) in [6, 6.07) is 8.00. The number of pyridine rings is 1. The summed E-state index contributed by atoms with van der Waals surface area (Å²) in [7, 11) is 0. The highest BCUT2D eigenvalue weighted by atomic mass is 16.5. The van der Waals surface area contributed by atoms with Crippen molar-refractivity contribution in [2.45, 2.75) is 38.1 Å². The van der Waals surface area contributed by atoms with Gasteiger partial charge in [0.25, 0.3) is 0 Å². The molecular weight excluding hydrogens is 226 g/mol. The molecule has 3 nitrogen and oxygen atoms in total. The molecule has 0 spiro atoms. The largest absolute Gasteiger partial charge is 0.386 e. The van der Waals surface area contributed by atoms with Gasteiger partial charge in [-0.05, 0) is 25.2 Å². The molecule has 1 aromatic heterocycles. The highest BCUT2D eigenvalue weighted by Gasteiger charge is 2.30. The van der Waals surface area contributed by atoms with E-state index in [-0.39, 0.29) is 12.2 Å². The number of hydrogen-bond donors (Lipinski definition) is 1. The number of benzene rings is 1. The van der Waals surface area contributed by atoms with Crippen LogP contribution in [0.3, 0.4) is 0 Å². The maximum absolute atomic E-state index is 10.5. The Morgan fingerprint density at radius 1 is 1.28 bits per heavy atom. The number of rotatable bonds is 2. The Kier molecular flexibility index (Phi) is 3.02. The average molecular weight is 243 g/mol. The summed E-state index contributed by atoms with van der Waals surface area (Å²) in [4.78, 5) is 4.21. The lowest BCUT2D eigenvalue weighted by molar-refractivity contribution is -0.0292. The van der Waals surface area contributed by atoms with Gasteiger partial charge in [0.05, 0.1) is 12.2 Å². The predicted molar refractivity (Wildman–Crippen MR) is 70.3 cm³/mol. The number of aromatic nitrogens is 1. The molecule has 1 aliphatic heterocycles. The first-order valence-electron chi connectivity index (χ1n) is 6.42. The van der Waals surface area contributed by atoms with Crippen molar-refractivity contribution in [1.82, 2.24) is 4.98 Å². The van der Waals surface area contributed by atoms with Gasteiger partial charge in [0.2, 0.25) is 0 Å². The Hall–Kier alpha value is -1.45. The maximum atomic E-state index is 10.5. The molecule has 0 radical (unpaired) electrons. The Morgan fingerprint density at radius 2 is 2.11 bits per heavy atom. The van der Waals surface area contributed by atoms with Crippen molar-refractivity contribution >= 4 is 10.8 Å². The summed E-state index contributed by atoms with van der Waals surface area (Å²) in [6.45, 7) is 2.05. The topological polar surface area (TPSA) is 42.4 Å². The molecule has 0 bridgehead atoms. The summed E-state index contributed by atoms with van der Waals surface area (Å²) in [5, 5.41) is 12.6. The van der Waals surface area contributed by atoms with Crippen LogP contribution in [0.25, 0.3) is 10.8 Å². The quantitative estimate of drug-likeness (QED) is 0.882. The van der Waals surface area contributed by atoms with Crippen LogP contribution in [0.1, 0.15) is 31.4 Å². The second kappa shape index (κ2) is 4.67. The molecule has 2 aromatic rings. The van der Waals surface area contributed by atoms with Crippen LogP contribution in [-0.4, -0.2) is 22.3 Å². The van der Waals surface area contributed by atoms with Crippen LogP contribution in [0, 0.1) is 0 Å². The molecule has 1 fully saturated rings. The Bertz CT molecular complexity index is 550. The van der Waals surface area contributed by atoms with Gasteiger partial charge in [-0.1, -0.05) is 24.3 Å². The van der Waals surface area contributed by atoms with E-state index in [4.69, 9.17) is 4.74 Å². The van der Waals surface area contributed by atoms with Crippen molar-refractivity contribution in [3.05, 3.63) is 42.2 Å². The Labute approximate surface area is 106 Å². The van der Waals surface area contributed by atoms with Gasteiger partial charge in [0.1, 0.15) is 6.10 Å². The molecule has 3 unspecified atom stereocenters. The van der Waals surface area contributed by atoms with Crippen LogP contribution in [0.4, 0.5) is 0 Å². The van der Waals surface area contributed by atoms with E-state index in [9.17, 15) is 5.11 Å². The lowest BCUT2D eigenvalue weighted by Gasteiger charge is -2.19. The highest BCUT2D eigenvalue weighted by Crippen LogP contribution is 2.32. The second-order valence-corrected chi connectivity index (χ2v) is 4.96. The minimum atomic E-state index is -0.589. The van der Waals surface area contributed by atoms with Gasteiger partial charge >= 0.3 is 0 Å². The Morgan fingerprint density at radius 3 is 2.89 bits per heavy atom. The first kappa shape index (κ1) is 11.6. The van der Waals surface area contributed by atoms with Gasteiger partial charge in [-0.2, -0.15) is 0 Å². The summed E-state index contributed by atoms with van der Waals surface area (Å²) in [5.74, 6) is 0. The SMILES string of the molecule is CC1CCC(C(O)c2cncc3ccccc23)O1. The standard InChI is InChI=1S/C15H17NO2/c1-10-6-7-14(18-10)15(17)13-9-16-8-11-4-2-3-5-12(11)13/h2-5,8-10,14-15,17H,6-7H2,1H3. The first-order chi connectivity index (χ1) is 8.75. The number of aliphatic hydroxyl groups excluding tert-OH is 1. The van der Waals surface area contributed by atoms with E-state index in [1.807, 2.05) is 37.4 Å². The monoisotopic (exact) mass is 243 g/mol. The number of hydrogen-bond acceptors (Lipinski definition) is 3. The predicted octanol–water partition coefficient (Wildman–Crippen LogP) is 2.84. The third-order valence-electron chi connectivity index (χ3n) is 3.63. The van der Waals surface area contributed by atoms with Crippen LogP contribution in [0.2, 0.25) is 0 Å². The van der Waals surface area contributed by atoms with Gasteiger partial charge < -0.3 is 9.84 Å². The third kappa shape index (κ3) is 2.00. The van der Waals surface area contributed by atoms with Crippen LogP contribution >= 0.6 is 0 Å². The van der Waals surface area contributed by atoms with E-state index in [1.54, 1.807) is 6.20 Å². The Balaban J connectivity index is 1.98. The number of nitrogens with zero attached hydrogens (tertiary/aromatic N) is 1. The molecule has 1 N–H and O–H groups in total. The van der Waals surface area contributed by atoms with E-state index >= 15 is 0 Å². The van der Waals surface area contributed by atoms with Crippen LogP contribution in [0.5, 0.6) is 0 Å². The summed E-state index contributed by atoms with van der Waals surface area (Å²) in [6.07, 6.45) is 5.04. The fourth-order valence-corrected chi connectivity index (χ4v) is 2.64. The zero-order valence-electron chi connectivity index (χ0n) is 10.4. The van der Waals surface area contributed by atoms with E-state index < -0.39 is 6.10 Å². The minimum absolute atomic E-state index is 0.104. The maximum Gasteiger partial charge on any atom is 0.107 e. The molecule has 3 rings (SSSR count). The van der Waals surface area contributed by atoms with E-state index in [1.165, 1.54) is 0 Å². The first-order valence-corrected chi connectivity index (χ1v) is 6.42. The average Bonchev–Trinajstić information content (AvgIpc) is 2.84. The third-order valence-corrected chi connectivity index (χ3v) is 3.63. The van der Waals surface area contributed by atoms with Gasteiger partial charge in [-0.25, -0.2) is 0 Å². The molecule has 0 saturated carbocycles. The summed E-state index contributed by atoms with van der Waals surface area (Å²) >= 11 is 0. The smallest absolute Gasteiger partial charge is 0.107 e. The molecule has 1 saturated heterocycles. The lowest BCUT2D eigenvalue weighted by atomic mass is 9.98. The number of ether oxygens (including phenoxy) is 1. The van der Waals surface area contributed by atoms with Crippen molar-refractivity contribution in [2.24, 2.45) is 0 Å². The normalized spacial score (nSPS) is 25.4. The van der Waals surface area contributed by atoms with Crippen molar-refractivity contribution in [1.29, 1.82) is 0 Å². The fraction of sp³-hybridized carbons (Fsp3) is 0.400. The van der Waals surface area contributed by atoms with Crippen molar-refractivity contribution in [2.75, 3.05) is 0 Å². The minimum Gasteiger partial charge on any atom is -0.386 e. The second-order valence-electron chi connectivity index (χ2n) is 4.96. The molecule has 3 heteroatoms. The van der Waals surface area contributed by atoms with Crippen LogP contribution in [-0.2, 0) is 4.74 Å². The molecule has 0 aliphatic carbocycles. The number of fused-ring (bicyclic) bond motifs is 1. The van der Waals surface area contributed by atoms with E-state index in [2.05, 4.69) is 4.98 Å². The molecule has 18 heavy (non-hydrogen) atoms. The summed E-state index contributed by atoms with van der Waals surface area (Å²) < 4.78 is 5.75. The molecule has 3 atom stereocenters. The lowest BCUT2D eigenvalue weighted by Crippen LogP contribution is -2.19. The molecule has 1 aromatic carbocycles. The molecule has 94 valence electrons. The van der Waals surface area contributed by atoms with E-state index in [0.717, 1.165) is 29.2 Å². The van der Waals surface area contributed by atoms with Gasteiger partial charge in [-0.15, -0.1) is 0 Å². The zero-order valence-corrected chi connectivity index (χ0v) is 10.4. The molecule has 2 heterocycles. The molecular formula is C15H17NO2. The zero-order chi connectivity index (χ0) is 12.5. The van der Waals surface area contributed by atoms with Crippen LogP contribution < -0.4 is 0 Å². The van der Waals surface area contributed by atoms with Gasteiger partial charge in [0, 0.05) is 23.3 Å². The molecule has 1 aliphatic rings. The van der Waals surface area contributed by atoms with Crippen LogP contribution in [0.15, 0.2) is 36.7 Å². The summed E-state index contributed by atoms with van der Waals surface area (Å²) in [5.41, 5.74) is 0.868. The highest BCUT2D eigenvalue weighted by molar-refractivity contribution is 5.84. The van der Waals surface area contributed by atoms with E-state index in [0.29, 0.717) is 0 Å². The fourth-order valence-electron chi connectivity index (χ4n) is 2.64. The van der Waals surface area contributed by atoms with Crippen molar-refractivity contribution in [3.63, 3.8) is 0 Å². The molecule has 0 amide bonds. The van der Waals surface area contributed by atoms with Gasteiger partial charge in [-0.3, -0.25) is 4.98 Å².